The highest BCUT2D eigenvalue weighted by Gasteiger charge is 2.43. The molecule has 0 spiro atoms. The highest BCUT2D eigenvalue weighted by atomic mass is 16.5. The average Bonchev–Trinajstić information content (AvgIpc) is 2.81. The summed E-state index contributed by atoms with van der Waals surface area (Å²) < 4.78 is 17.4. The Hall–Kier alpha value is -3.54. The van der Waals surface area contributed by atoms with E-state index >= 15 is 0 Å². The van der Waals surface area contributed by atoms with Gasteiger partial charge >= 0.3 is 5.97 Å². The normalized spacial score (nSPS) is 18.6. The van der Waals surface area contributed by atoms with Crippen molar-refractivity contribution in [3.63, 3.8) is 0 Å². The highest BCUT2D eigenvalue weighted by Crippen LogP contribution is 2.48. The van der Waals surface area contributed by atoms with Crippen molar-refractivity contribution in [3.05, 3.63) is 80.7 Å². The number of benzene rings is 2. The van der Waals surface area contributed by atoms with Crippen LogP contribution in [0.15, 0.2) is 52.9 Å². The van der Waals surface area contributed by atoms with Gasteiger partial charge in [0.05, 0.1) is 19.3 Å². The third kappa shape index (κ3) is 5.35. The third-order valence-corrected chi connectivity index (χ3v) is 7.47. The van der Waals surface area contributed by atoms with Crippen molar-refractivity contribution >= 4 is 11.8 Å². The van der Waals surface area contributed by atoms with E-state index < -0.39 is 11.9 Å². The van der Waals surface area contributed by atoms with Crippen molar-refractivity contribution in [1.82, 2.24) is 5.32 Å². The lowest BCUT2D eigenvalue weighted by Crippen LogP contribution is -2.38. The van der Waals surface area contributed by atoms with E-state index in [1.807, 2.05) is 25.1 Å². The van der Waals surface area contributed by atoms with Gasteiger partial charge in [0.25, 0.3) is 0 Å². The zero-order chi connectivity index (χ0) is 27.8. The van der Waals surface area contributed by atoms with Crippen LogP contribution in [0.5, 0.6) is 11.5 Å². The van der Waals surface area contributed by atoms with E-state index in [1.54, 1.807) is 14.0 Å². The Morgan fingerprint density at radius 2 is 1.71 bits per heavy atom. The van der Waals surface area contributed by atoms with E-state index in [9.17, 15) is 9.59 Å². The number of hydrogen-bond donors (Lipinski definition) is 1. The number of aryl methyl sites for hydroxylation is 3. The monoisotopic (exact) mass is 517 g/mol. The molecule has 0 saturated carbocycles. The van der Waals surface area contributed by atoms with E-state index in [-0.39, 0.29) is 17.8 Å². The van der Waals surface area contributed by atoms with Crippen LogP contribution in [0, 0.1) is 26.2 Å². The molecule has 202 valence electrons. The van der Waals surface area contributed by atoms with Gasteiger partial charge in [-0.2, -0.15) is 0 Å². The van der Waals surface area contributed by atoms with Gasteiger partial charge in [0.2, 0.25) is 0 Å². The van der Waals surface area contributed by atoms with Gasteiger partial charge in [-0.25, -0.2) is 4.79 Å². The maximum Gasteiger partial charge on any atom is 0.336 e. The Kier molecular flexibility index (Phi) is 7.73. The number of dihydropyridines is 1. The van der Waals surface area contributed by atoms with Crippen LogP contribution in [0.1, 0.15) is 74.3 Å². The molecular formula is C32H39NO5. The number of carbonyl (C=O) groups excluding carboxylic acids is 2. The fourth-order valence-electron chi connectivity index (χ4n) is 5.82. The first-order valence-electron chi connectivity index (χ1n) is 13.2. The van der Waals surface area contributed by atoms with Crippen LogP contribution in [0.2, 0.25) is 0 Å². The second kappa shape index (κ2) is 10.7. The Balaban J connectivity index is 1.75. The number of nitrogens with one attached hydrogen (secondary N) is 1. The number of ether oxygens (including phenoxy) is 3. The van der Waals surface area contributed by atoms with Gasteiger partial charge < -0.3 is 19.5 Å². The summed E-state index contributed by atoms with van der Waals surface area (Å²) in [5.41, 5.74) is 8.07. The molecule has 0 unspecified atom stereocenters. The molecule has 38 heavy (non-hydrogen) atoms. The molecule has 0 saturated heterocycles. The molecule has 2 aliphatic rings. The van der Waals surface area contributed by atoms with Crippen LogP contribution in [-0.4, -0.2) is 25.5 Å². The van der Waals surface area contributed by atoms with Crippen LogP contribution in [0.3, 0.4) is 0 Å². The standard InChI is InChI=1S/C32H39NO5/c1-9-37-31(35)28-21(5)33-24-15-32(6,7)16-25(34)30(24)29(28)22-10-11-26(27(14-22)36-8)38-17-23-19(3)12-18(2)13-20(23)4/h10-14,29,33H,9,15-17H2,1-8H3/t29-/m1/s1. The summed E-state index contributed by atoms with van der Waals surface area (Å²) in [4.78, 5) is 26.7. The van der Waals surface area contributed by atoms with Gasteiger partial charge in [-0.05, 0) is 80.8 Å². The number of rotatable bonds is 7. The van der Waals surface area contributed by atoms with Crippen LogP contribution in [-0.2, 0) is 20.9 Å². The zero-order valence-corrected chi connectivity index (χ0v) is 23.8. The Bertz CT molecular complexity index is 1320. The Labute approximate surface area is 226 Å². The molecule has 6 heteroatoms. The fourth-order valence-corrected chi connectivity index (χ4v) is 5.82. The SMILES string of the molecule is CCOC(=O)C1=C(C)NC2=C(C(=O)CC(C)(C)C2)[C@@H]1c1ccc(OCc2c(C)cc(C)cc2C)c(OC)c1. The fraction of sp³-hybridized carbons (Fsp3) is 0.438. The van der Waals surface area contributed by atoms with Crippen molar-refractivity contribution in [3.8, 4) is 11.5 Å². The van der Waals surface area contributed by atoms with Gasteiger partial charge in [0.15, 0.2) is 17.3 Å². The summed E-state index contributed by atoms with van der Waals surface area (Å²) >= 11 is 0. The third-order valence-electron chi connectivity index (χ3n) is 7.47. The quantitative estimate of drug-likeness (QED) is 0.431. The van der Waals surface area contributed by atoms with Crippen LogP contribution in [0.4, 0.5) is 0 Å². The summed E-state index contributed by atoms with van der Waals surface area (Å²) in [7, 11) is 1.60. The lowest BCUT2D eigenvalue weighted by atomic mass is 9.68. The van der Waals surface area contributed by atoms with E-state index in [0.29, 0.717) is 41.4 Å². The molecule has 2 aromatic rings. The lowest BCUT2D eigenvalue weighted by molar-refractivity contribution is -0.138. The molecule has 2 aromatic carbocycles. The topological polar surface area (TPSA) is 73.9 Å². The maximum absolute atomic E-state index is 13.5. The number of Topliss-reactive ketones (excluding diaryl/α,β-unsaturated/α-hetero) is 1. The number of esters is 1. The number of allylic oxidation sites excluding steroid dienone is 3. The van der Waals surface area contributed by atoms with Crippen LogP contribution in [0.25, 0.3) is 0 Å². The minimum absolute atomic E-state index is 0.0488. The van der Waals surface area contributed by atoms with E-state index in [0.717, 1.165) is 23.2 Å². The molecule has 0 fully saturated rings. The van der Waals surface area contributed by atoms with Crippen LogP contribution >= 0.6 is 0 Å². The molecule has 1 atom stereocenters. The van der Waals surface area contributed by atoms with Gasteiger partial charge in [0, 0.05) is 29.3 Å². The molecule has 0 radical (unpaired) electrons. The molecule has 0 bridgehead atoms. The minimum atomic E-state index is -0.543. The zero-order valence-electron chi connectivity index (χ0n) is 23.8. The molecule has 1 heterocycles. The molecule has 1 N–H and O–H groups in total. The van der Waals surface area contributed by atoms with Gasteiger partial charge in [0.1, 0.15) is 6.61 Å². The van der Waals surface area contributed by atoms with Crippen LogP contribution < -0.4 is 14.8 Å². The summed E-state index contributed by atoms with van der Waals surface area (Å²) in [6, 6.07) is 9.98. The second-order valence-corrected chi connectivity index (χ2v) is 11.2. The van der Waals surface area contributed by atoms with Gasteiger partial charge in [-0.3, -0.25) is 4.79 Å². The minimum Gasteiger partial charge on any atom is -0.493 e. The highest BCUT2D eigenvalue weighted by molar-refractivity contribution is 6.04. The molecule has 1 aliphatic carbocycles. The first-order chi connectivity index (χ1) is 18.0. The summed E-state index contributed by atoms with van der Waals surface area (Å²) in [5.74, 6) is 0.241. The second-order valence-electron chi connectivity index (χ2n) is 11.2. The molecule has 1 aliphatic heterocycles. The summed E-state index contributed by atoms with van der Waals surface area (Å²) in [5, 5.41) is 3.37. The van der Waals surface area contributed by atoms with Gasteiger partial charge in [-0.1, -0.05) is 37.6 Å². The predicted molar refractivity (Wildman–Crippen MR) is 148 cm³/mol. The van der Waals surface area contributed by atoms with Crippen molar-refractivity contribution in [1.29, 1.82) is 0 Å². The summed E-state index contributed by atoms with van der Waals surface area (Å²) in [6.45, 7) is 14.8. The Morgan fingerprint density at radius 1 is 1.03 bits per heavy atom. The maximum atomic E-state index is 13.5. The molecule has 4 rings (SSSR count). The predicted octanol–water partition coefficient (Wildman–Crippen LogP) is 6.37. The number of hydrogen-bond acceptors (Lipinski definition) is 6. The first-order valence-corrected chi connectivity index (χ1v) is 13.2. The van der Waals surface area contributed by atoms with Crippen molar-refractivity contribution in [2.75, 3.05) is 13.7 Å². The van der Waals surface area contributed by atoms with Crippen molar-refractivity contribution in [2.45, 2.75) is 73.8 Å². The molecular weight excluding hydrogens is 478 g/mol. The van der Waals surface area contributed by atoms with E-state index in [1.165, 1.54) is 16.7 Å². The smallest absolute Gasteiger partial charge is 0.336 e. The summed E-state index contributed by atoms with van der Waals surface area (Å²) in [6.07, 6.45) is 1.15. The molecule has 0 amide bonds. The van der Waals surface area contributed by atoms with Crippen molar-refractivity contribution in [2.24, 2.45) is 5.41 Å². The molecule has 6 nitrogen and oxygen atoms in total. The number of methoxy groups -OCH3 is 1. The van der Waals surface area contributed by atoms with Gasteiger partial charge in [-0.15, -0.1) is 0 Å². The molecule has 0 aromatic heterocycles. The number of ketones is 1. The first kappa shape index (κ1) is 27.5. The lowest BCUT2D eigenvalue weighted by Gasteiger charge is -2.39. The largest absolute Gasteiger partial charge is 0.493 e. The Morgan fingerprint density at radius 3 is 2.34 bits per heavy atom. The van der Waals surface area contributed by atoms with E-state index in [4.69, 9.17) is 14.2 Å². The van der Waals surface area contributed by atoms with Crippen molar-refractivity contribution < 1.29 is 23.8 Å². The average molecular weight is 518 g/mol. The van der Waals surface area contributed by atoms with E-state index in [2.05, 4.69) is 52.1 Å². The number of carbonyl (C=O) groups is 2.